The van der Waals surface area contributed by atoms with E-state index in [-0.39, 0.29) is 10.8 Å². The second-order valence-electron chi connectivity index (χ2n) is 12.3. The standard InChI is InChI=1S/C32H43N2/c1-30(2,3)22-13-14-23-34-27-19-12-10-17-25(27)32(6,7)29(34)21-15-20-28-31(4,5)24-16-9-11-18-26(24)33(28)8/h9-12,15-21H,13-14,22-23H2,1-8H3/q+1. The van der Waals surface area contributed by atoms with Crippen LogP contribution in [-0.2, 0) is 10.8 Å². The molecule has 0 radical (unpaired) electrons. The first-order chi connectivity index (χ1) is 15.9. The number of benzene rings is 2. The van der Waals surface area contributed by atoms with Gasteiger partial charge in [0.1, 0.15) is 7.05 Å². The van der Waals surface area contributed by atoms with Gasteiger partial charge in [-0.3, -0.25) is 0 Å². The molecule has 2 heteroatoms. The van der Waals surface area contributed by atoms with Crippen molar-refractivity contribution in [2.24, 2.45) is 5.41 Å². The molecule has 0 unspecified atom stereocenters. The van der Waals surface area contributed by atoms with Crippen LogP contribution in [0.3, 0.4) is 0 Å². The Morgan fingerprint density at radius 1 is 0.853 bits per heavy atom. The molecule has 34 heavy (non-hydrogen) atoms. The number of hydrogen-bond donors (Lipinski definition) is 0. The number of rotatable bonds is 6. The Bertz CT molecular complexity index is 1150. The molecule has 2 aromatic carbocycles. The monoisotopic (exact) mass is 455 g/mol. The van der Waals surface area contributed by atoms with Crippen LogP contribution in [0.15, 0.2) is 72.5 Å². The highest BCUT2D eigenvalue weighted by atomic mass is 15.2. The first kappa shape index (κ1) is 24.5. The number of unbranched alkanes of at least 4 members (excludes halogenated alkanes) is 1. The fourth-order valence-electron chi connectivity index (χ4n) is 5.84. The number of hydrogen-bond acceptors (Lipinski definition) is 1. The molecular weight excluding hydrogens is 412 g/mol. The summed E-state index contributed by atoms with van der Waals surface area (Å²) in [6.45, 7) is 17.5. The predicted octanol–water partition coefficient (Wildman–Crippen LogP) is 8.15. The highest BCUT2D eigenvalue weighted by molar-refractivity contribution is 6.03. The Morgan fingerprint density at radius 3 is 2.18 bits per heavy atom. The molecule has 2 heterocycles. The van der Waals surface area contributed by atoms with E-state index in [9.17, 15) is 0 Å². The van der Waals surface area contributed by atoms with E-state index in [1.807, 2.05) is 0 Å². The van der Waals surface area contributed by atoms with Gasteiger partial charge < -0.3 is 4.90 Å². The van der Waals surface area contributed by atoms with Crippen LogP contribution in [0, 0.1) is 5.41 Å². The van der Waals surface area contributed by atoms with E-state index in [1.54, 1.807) is 0 Å². The summed E-state index contributed by atoms with van der Waals surface area (Å²) in [7, 11) is 2.19. The summed E-state index contributed by atoms with van der Waals surface area (Å²) in [4.78, 5) is 2.57. The summed E-state index contributed by atoms with van der Waals surface area (Å²) >= 11 is 0. The second kappa shape index (κ2) is 8.87. The predicted molar refractivity (Wildman–Crippen MR) is 148 cm³/mol. The molecule has 0 spiro atoms. The van der Waals surface area contributed by atoms with Gasteiger partial charge in [-0.15, -0.1) is 0 Å². The van der Waals surface area contributed by atoms with Gasteiger partial charge in [-0.1, -0.05) is 83.5 Å². The Kier molecular flexibility index (Phi) is 6.40. The molecule has 180 valence electrons. The number of para-hydroxylation sites is 2. The van der Waals surface area contributed by atoms with Crippen molar-refractivity contribution in [3.8, 4) is 0 Å². The minimum absolute atomic E-state index is 0.00114. The fraction of sp³-hybridized carbons (Fsp3) is 0.469. The summed E-state index contributed by atoms with van der Waals surface area (Å²) in [6.07, 6.45) is 10.7. The van der Waals surface area contributed by atoms with Crippen LogP contribution in [0.25, 0.3) is 0 Å². The molecule has 0 fully saturated rings. The van der Waals surface area contributed by atoms with E-state index < -0.39 is 0 Å². The molecule has 2 aliphatic rings. The lowest BCUT2D eigenvalue weighted by atomic mass is 9.81. The van der Waals surface area contributed by atoms with Gasteiger partial charge in [0.25, 0.3) is 0 Å². The zero-order chi connectivity index (χ0) is 24.7. The van der Waals surface area contributed by atoms with Crippen molar-refractivity contribution in [1.82, 2.24) is 0 Å². The minimum Gasteiger partial charge on any atom is -0.344 e. The molecule has 2 nitrogen and oxygen atoms in total. The van der Waals surface area contributed by atoms with Gasteiger partial charge in [0.2, 0.25) is 5.69 Å². The highest BCUT2D eigenvalue weighted by Gasteiger charge is 2.43. The molecule has 0 atom stereocenters. The Morgan fingerprint density at radius 2 is 1.50 bits per heavy atom. The minimum atomic E-state index is -0.00428. The zero-order valence-electron chi connectivity index (χ0n) is 22.6. The molecule has 0 N–H and O–H groups in total. The van der Waals surface area contributed by atoms with Crippen molar-refractivity contribution >= 4 is 17.1 Å². The van der Waals surface area contributed by atoms with Crippen molar-refractivity contribution in [3.05, 3.63) is 83.6 Å². The summed E-state index contributed by atoms with van der Waals surface area (Å²) in [5, 5.41) is 0. The van der Waals surface area contributed by atoms with E-state index in [0.29, 0.717) is 5.41 Å². The molecule has 2 aromatic rings. The van der Waals surface area contributed by atoms with Gasteiger partial charge in [-0.05, 0) is 49.8 Å². The van der Waals surface area contributed by atoms with E-state index in [1.165, 1.54) is 53.2 Å². The maximum atomic E-state index is 2.57. The van der Waals surface area contributed by atoms with E-state index in [2.05, 4.69) is 132 Å². The fourth-order valence-corrected chi connectivity index (χ4v) is 5.84. The average molecular weight is 456 g/mol. The number of anilines is 1. The quantitative estimate of drug-likeness (QED) is 0.315. The van der Waals surface area contributed by atoms with E-state index in [4.69, 9.17) is 0 Å². The van der Waals surface area contributed by atoms with Gasteiger partial charge in [0.15, 0.2) is 5.71 Å². The third-order valence-corrected chi connectivity index (χ3v) is 7.81. The van der Waals surface area contributed by atoms with Crippen molar-refractivity contribution in [3.63, 3.8) is 0 Å². The van der Waals surface area contributed by atoms with Crippen LogP contribution in [0.5, 0.6) is 0 Å². The Hall–Kier alpha value is -2.61. The SMILES string of the molecule is C[N+]1=C(/C=C/C=C2/N(CCCCC(C)(C)C)c3ccccc3C2(C)C)C(C)(C)c2ccccc21. The topological polar surface area (TPSA) is 6.25 Å². The van der Waals surface area contributed by atoms with Gasteiger partial charge in [-0.2, -0.15) is 4.58 Å². The molecule has 2 aliphatic heterocycles. The lowest BCUT2D eigenvalue weighted by molar-refractivity contribution is -0.401. The van der Waals surface area contributed by atoms with Crippen LogP contribution in [0.1, 0.15) is 78.9 Å². The number of nitrogens with zero attached hydrogens (tertiary/aromatic N) is 2. The molecule has 0 bridgehead atoms. The largest absolute Gasteiger partial charge is 0.344 e. The van der Waals surface area contributed by atoms with E-state index in [0.717, 1.165) is 6.54 Å². The molecule has 4 rings (SSSR count). The summed E-state index contributed by atoms with van der Waals surface area (Å²) in [6, 6.07) is 17.7. The van der Waals surface area contributed by atoms with Crippen LogP contribution in [-0.4, -0.2) is 23.9 Å². The first-order valence-electron chi connectivity index (χ1n) is 12.9. The third-order valence-electron chi connectivity index (χ3n) is 7.81. The van der Waals surface area contributed by atoms with Crippen LogP contribution in [0.4, 0.5) is 11.4 Å². The maximum Gasteiger partial charge on any atom is 0.209 e. The lowest BCUT2D eigenvalue weighted by Crippen LogP contribution is -2.27. The third kappa shape index (κ3) is 4.40. The molecule has 0 amide bonds. The van der Waals surface area contributed by atoms with Crippen LogP contribution in [0.2, 0.25) is 0 Å². The molecule has 0 saturated carbocycles. The van der Waals surface area contributed by atoms with Crippen LogP contribution >= 0.6 is 0 Å². The second-order valence-corrected chi connectivity index (χ2v) is 12.3. The smallest absolute Gasteiger partial charge is 0.209 e. The Labute approximate surface area is 207 Å². The van der Waals surface area contributed by atoms with Crippen LogP contribution < -0.4 is 4.90 Å². The van der Waals surface area contributed by atoms with E-state index >= 15 is 0 Å². The van der Waals surface area contributed by atoms with Gasteiger partial charge in [0, 0.05) is 41.1 Å². The van der Waals surface area contributed by atoms with Crippen molar-refractivity contribution in [2.45, 2.75) is 78.6 Å². The van der Waals surface area contributed by atoms with Crippen molar-refractivity contribution in [1.29, 1.82) is 0 Å². The summed E-state index contributed by atoms with van der Waals surface area (Å²) < 4.78 is 2.35. The van der Waals surface area contributed by atoms with Gasteiger partial charge >= 0.3 is 0 Å². The maximum absolute atomic E-state index is 2.57. The molecular formula is C32H43N2+. The molecule has 0 saturated heterocycles. The Balaban J connectivity index is 1.63. The summed E-state index contributed by atoms with van der Waals surface area (Å²) in [5.41, 5.74) is 8.67. The first-order valence-corrected chi connectivity index (χ1v) is 12.9. The highest BCUT2D eigenvalue weighted by Crippen LogP contribution is 2.48. The van der Waals surface area contributed by atoms with Gasteiger partial charge in [-0.25, -0.2) is 0 Å². The van der Waals surface area contributed by atoms with Crippen molar-refractivity contribution in [2.75, 3.05) is 18.5 Å². The zero-order valence-corrected chi connectivity index (χ0v) is 22.6. The van der Waals surface area contributed by atoms with Gasteiger partial charge in [0.05, 0.1) is 5.41 Å². The summed E-state index contributed by atoms with van der Waals surface area (Å²) in [5.74, 6) is 0. The molecule has 0 aliphatic carbocycles. The normalized spacial score (nSPS) is 19.9. The number of allylic oxidation sites excluding steroid dienone is 4. The average Bonchev–Trinajstić information content (AvgIpc) is 3.10. The van der Waals surface area contributed by atoms with Crippen molar-refractivity contribution < 1.29 is 4.58 Å². The number of fused-ring (bicyclic) bond motifs is 2. The molecule has 0 aromatic heterocycles. The lowest BCUT2D eigenvalue weighted by Gasteiger charge is -2.27.